The molecule has 0 saturated carbocycles. The second-order valence-electron chi connectivity index (χ2n) is 3.52. The molecule has 5 heteroatoms. The molecule has 0 aliphatic heterocycles. The number of hydrogen-bond donors (Lipinski definition) is 1. The van der Waals surface area contributed by atoms with Gasteiger partial charge in [-0.2, -0.15) is 5.26 Å². The number of rotatable bonds is 5. The second-order valence-corrected chi connectivity index (χ2v) is 3.52. The Balaban J connectivity index is 3.03. The number of benzene rings is 1. The highest BCUT2D eigenvalue weighted by atomic mass is 16.5. The smallest absolute Gasteiger partial charge is 0.323 e. The maximum atomic E-state index is 10.8. The number of nitriles is 1. The van der Waals surface area contributed by atoms with Crippen molar-refractivity contribution in [2.75, 3.05) is 18.6 Å². The fraction of sp³-hybridized carbons (Fsp3) is 0.333. The Labute approximate surface area is 99.8 Å². The lowest BCUT2D eigenvalue weighted by molar-refractivity contribution is -0.135. The minimum absolute atomic E-state index is 0.177. The SMILES string of the molecule is COC(C)N(CC(=O)O)c1cccc(C#N)c1. The number of carbonyl (C=O) groups is 1. The molecule has 5 nitrogen and oxygen atoms in total. The molecule has 1 aromatic rings. The van der Waals surface area contributed by atoms with Crippen LogP contribution in [0.15, 0.2) is 24.3 Å². The first-order valence-electron chi connectivity index (χ1n) is 5.10. The number of carboxylic acids is 1. The van der Waals surface area contributed by atoms with E-state index < -0.39 is 5.97 Å². The first-order valence-corrected chi connectivity index (χ1v) is 5.10. The zero-order chi connectivity index (χ0) is 12.8. The molecule has 1 atom stereocenters. The number of ether oxygens (including phenoxy) is 1. The summed E-state index contributed by atoms with van der Waals surface area (Å²) in [6.07, 6.45) is -0.375. The third-order valence-corrected chi connectivity index (χ3v) is 2.39. The van der Waals surface area contributed by atoms with Crippen molar-refractivity contribution in [1.82, 2.24) is 0 Å². The fourth-order valence-electron chi connectivity index (χ4n) is 1.46. The molecule has 1 aromatic carbocycles. The molecule has 0 aliphatic rings. The Morgan fingerprint density at radius 1 is 1.65 bits per heavy atom. The molecule has 1 unspecified atom stereocenters. The minimum atomic E-state index is -0.948. The highest BCUT2D eigenvalue weighted by Gasteiger charge is 2.17. The van der Waals surface area contributed by atoms with Gasteiger partial charge in [-0.1, -0.05) is 6.07 Å². The van der Waals surface area contributed by atoms with Crippen molar-refractivity contribution < 1.29 is 14.6 Å². The highest BCUT2D eigenvalue weighted by Crippen LogP contribution is 2.18. The Morgan fingerprint density at radius 3 is 2.88 bits per heavy atom. The Bertz CT molecular complexity index is 440. The lowest BCUT2D eigenvalue weighted by atomic mass is 10.2. The summed E-state index contributed by atoms with van der Waals surface area (Å²) >= 11 is 0. The molecule has 0 bridgehead atoms. The van der Waals surface area contributed by atoms with Gasteiger partial charge in [0.15, 0.2) is 0 Å². The van der Waals surface area contributed by atoms with Gasteiger partial charge < -0.3 is 14.7 Å². The third kappa shape index (κ3) is 3.47. The van der Waals surface area contributed by atoms with Crippen LogP contribution in [0.5, 0.6) is 0 Å². The zero-order valence-corrected chi connectivity index (χ0v) is 9.75. The monoisotopic (exact) mass is 234 g/mol. The first-order chi connectivity index (χ1) is 8.08. The van der Waals surface area contributed by atoms with Crippen molar-refractivity contribution in [1.29, 1.82) is 5.26 Å². The quantitative estimate of drug-likeness (QED) is 0.780. The van der Waals surface area contributed by atoms with E-state index in [2.05, 4.69) is 0 Å². The van der Waals surface area contributed by atoms with E-state index in [-0.39, 0.29) is 12.8 Å². The molecule has 0 spiro atoms. The van der Waals surface area contributed by atoms with E-state index in [1.54, 1.807) is 36.1 Å². The van der Waals surface area contributed by atoms with Crippen LogP contribution in [0.1, 0.15) is 12.5 Å². The van der Waals surface area contributed by atoms with Crippen LogP contribution >= 0.6 is 0 Å². The molecule has 90 valence electrons. The number of anilines is 1. The van der Waals surface area contributed by atoms with E-state index in [1.807, 2.05) is 6.07 Å². The summed E-state index contributed by atoms with van der Waals surface area (Å²) in [4.78, 5) is 12.4. The Morgan fingerprint density at radius 2 is 2.35 bits per heavy atom. The van der Waals surface area contributed by atoms with E-state index in [0.29, 0.717) is 11.3 Å². The first kappa shape index (κ1) is 13.0. The average molecular weight is 234 g/mol. The predicted octanol–water partition coefficient (Wildman–Crippen LogP) is 1.44. The van der Waals surface area contributed by atoms with Crippen LogP contribution in [0.3, 0.4) is 0 Å². The van der Waals surface area contributed by atoms with Crippen molar-refractivity contribution in [2.45, 2.75) is 13.2 Å². The number of aliphatic carboxylic acids is 1. The molecule has 0 amide bonds. The topological polar surface area (TPSA) is 73.6 Å². The molecule has 0 aliphatic carbocycles. The van der Waals surface area contributed by atoms with E-state index in [1.165, 1.54) is 7.11 Å². The fourth-order valence-corrected chi connectivity index (χ4v) is 1.46. The highest BCUT2D eigenvalue weighted by molar-refractivity contribution is 5.74. The maximum Gasteiger partial charge on any atom is 0.323 e. The summed E-state index contributed by atoms with van der Waals surface area (Å²) in [7, 11) is 1.51. The van der Waals surface area contributed by atoms with Gasteiger partial charge >= 0.3 is 5.97 Å². The minimum Gasteiger partial charge on any atom is -0.480 e. The van der Waals surface area contributed by atoms with E-state index >= 15 is 0 Å². The van der Waals surface area contributed by atoms with Crippen molar-refractivity contribution in [2.24, 2.45) is 0 Å². The molecule has 0 saturated heterocycles. The van der Waals surface area contributed by atoms with Crippen LogP contribution in [0, 0.1) is 11.3 Å². The largest absolute Gasteiger partial charge is 0.480 e. The van der Waals surface area contributed by atoms with Gasteiger partial charge in [0.05, 0.1) is 11.6 Å². The van der Waals surface area contributed by atoms with Crippen LogP contribution in [0.25, 0.3) is 0 Å². The van der Waals surface area contributed by atoms with Crippen molar-refractivity contribution in [3.63, 3.8) is 0 Å². The van der Waals surface area contributed by atoms with Gasteiger partial charge in [0, 0.05) is 12.8 Å². The average Bonchev–Trinajstić information content (AvgIpc) is 2.35. The summed E-state index contributed by atoms with van der Waals surface area (Å²) in [5.74, 6) is -0.948. The van der Waals surface area contributed by atoms with Gasteiger partial charge in [0.1, 0.15) is 12.8 Å². The summed E-state index contributed by atoms with van der Waals surface area (Å²) in [5, 5.41) is 17.7. The van der Waals surface area contributed by atoms with E-state index in [9.17, 15) is 4.79 Å². The molecule has 0 radical (unpaired) electrons. The molecular formula is C12H14N2O3. The molecule has 0 aromatic heterocycles. The van der Waals surface area contributed by atoms with Gasteiger partial charge in [0.25, 0.3) is 0 Å². The van der Waals surface area contributed by atoms with Crippen LogP contribution in [0.4, 0.5) is 5.69 Å². The lowest BCUT2D eigenvalue weighted by Crippen LogP contribution is -2.38. The molecule has 0 fully saturated rings. The van der Waals surface area contributed by atoms with E-state index in [4.69, 9.17) is 15.1 Å². The summed E-state index contributed by atoms with van der Waals surface area (Å²) in [6, 6.07) is 8.78. The number of nitrogens with zero attached hydrogens (tertiary/aromatic N) is 2. The molecule has 1 N–H and O–H groups in total. The molecule has 1 rings (SSSR count). The number of hydrogen-bond acceptors (Lipinski definition) is 4. The van der Waals surface area contributed by atoms with Crippen LogP contribution in [0.2, 0.25) is 0 Å². The summed E-state index contributed by atoms with van der Waals surface area (Å²) in [6.45, 7) is 1.58. The third-order valence-electron chi connectivity index (χ3n) is 2.39. The number of methoxy groups -OCH3 is 1. The second kappa shape index (κ2) is 5.87. The van der Waals surface area contributed by atoms with Crippen molar-refractivity contribution >= 4 is 11.7 Å². The molecule has 0 heterocycles. The summed E-state index contributed by atoms with van der Waals surface area (Å²) in [5.41, 5.74) is 1.14. The van der Waals surface area contributed by atoms with Crippen molar-refractivity contribution in [3.05, 3.63) is 29.8 Å². The van der Waals surface area contributed by atoms with Gasteiger partial charge in [-0.25, -0.2) is 0 Å². The molecular weight excluding hydrogens is 220 g/mol. The van der Waals surface area contributed by atoms with E-state index in [0.717, 1.165) is 0 Å². The molecule has 17 heavy (non-hydrogen) atoms. The Kier molecular flexibility index (Phi) is 4.49. The summed E-state index contributed by atoms with van der Waals surface area (Å²) < 4.78 is 5.12. The lowest BCUT2D eigenvalue weighted by Gasteiger charge is -2.28. The maximum absolute atomic E-state index is 10.8. The Hall–Kier alpha value is -2.06. The van der Waals surface area contributed by atoms with Crippen molar-refractivity contribution in [3.8, 4) is 6.07 Å². The normalized spacial score (nSPS) is 11.6. The van der Waals surface area contributed by atoms with Crippen LogP contribution < -0.4 is 4.90 Å². The van der Waals surface area contributed by atoms with Gasteiger partial charge in [-0.15, -0.1) is 0 Å². The van der Waals surface area contributed by atoms with Crippen LogP contribution in [-0.2, 0) is 9.53 Å². The van der Waals surface area contributed by atoms with Gasteiger partial charge in [0.2, 0.25) is 0 Å². The predicted molar refractivity (Wildman–Crippen MR) is 62.6 cm³/mol. The number of carboxylic acid groups (broad SMARTS) is 1. The standard InChI is InChI=1S/C12H14N2O3/c1-9(17-2)14(8-12(15)16)11-5-3-4-10(6-11)7-13/h3-6,9H,8H2,1-2H3,(H,15,16). The van der Waals surface area contributed by atoms with Gasteiger partial charge in [-0.05, 0) is 25.1 Å². The zero-order valence-electron chi connectivity index (χ0n) is 9.75. The van der Waals surface area contributed by atoms with Crippen LogP contribution in [-0.4, -0.2) is 31.0 Å². The van der Waals surface area contributed by atoms with Gasteiger partial charge in [-0.3, -0.25) is 4.79 Å².